The van der Waals surface area contributed by atoms with Crippen LogP contribution in [0.5, 0.6) is 0 Å². The fourth-order valence-electron chi connectivity index (χ4n) is 4.43. The number of hydrogen-bond donors (Lipinski definition) is 1. The van der Waals surface area contributed by atoms with E-state index in [2.05, 4.69) is 0 Å². The Balaban J connectivity index is 1.62. The molecule has 2 N–H and O–H groups in total. The topological polar surface area (TPSA) is 26.0 Å². The Morgan fingerprint density at radius 2 is 1.86 bits per heavy atom. The quantitative estimate of drug-likeness (QED) is 0.716. The second-order valence-electron chi connectivity index (χ2n) is 6.21. The van der Waals surface area contributed by atoms with E-state index in [0.29, 0.717) is 0 Å². The van der Waals surface area contributed by atoms with E-state index in [4.69, 9.17) is 5.73 Å². The lowest BCUT2D eigenvalue weighted by Crippen LogP contribution is -2.39. The van der Waals surface area contributed by atoms with Gasteiger partial charge in [0.2, 0.25) is 0 Å². The van der Waals surface area contributed by atoms with Gasteiger partial charge >= 0.3 is 0 Å². The first-order chi connectivity index (χ1) is 6.75. The predicted octanol–water partition coefficient (Wildman–Crippen LogP) is 3.08. The van der Waals surface area contributed by atoms with Crippen molar-refractivity contribution in [1.82, 2.24) is 0 Å². The minimum atomic E-state index is 0.259. The maximum absolute atomic E-state index is 6.47. The molecular formula is C13H23N. The van der Waals surface area contributed by atoms with Crippen molar-refractivity contribution in [2.45, 2.75) is 63.3 Å². The molecule has 2 bridgehead atoms. The summed E-state index contributed by atoms with van der Waals surface area (Å²) in [6.07, 6.45) is 12.8. The molecule has 0 radical (unpaired) electrons. The second-order valence-corrected chi connectivity index (χ2v) is 6.21. The van der Waals surface area contributed by atoms with Crippen molar-refractivity contribution in [2.75, 3.05) is 0 Å². The van der Waals surface area contributed by atoms with Gasteiger partial charge in [-0.05, 0) is 56.3 Å². The molecule has 0 saturated heterocycles. The van der Waals surface area contributed by atoms with Gasteiger partial charge < -0.3 is 5.73 Å². The second kappa shape index (κ2) is 3.23. The molecule has 14 heavy (non-hydrogen) atoms. The van der Waals surface area contributed by atoms with Gasteiger partial charge in [-0.2, -0.15) is 0 Å². The lowest BCUT2D eigenvalue weighted by Gasteiger charge is -2.31. The van der Waals surface area contributed by atoms with Gasteiger partial charge in [0.05, 0.1) is 0 Å². The minimum absolute atomic E-state index is 0.259. The Morgan fingerprint density at radius 3 is 2.43 bits per heavy atom. The molecule has 1 nitrogen and oxygen atoms in total. The highest BCUT2D eigenvalue weighted by Crippen LogP contribution is 2.51. The number of rotatable bonds is 2. The molecule has 0 aromatic heterocycles. The lowest BCUT2D eigenvalue weighted by atomic mass is 9.78. The van der Waals surface area contributed by atoms with Crippen LogP contribution in [0.1, 0.15) is 57.8 Å². The van der Waals surface area contributed by atoms with Gasteiger partial charge in [-0.1, -0.05) is 19.3 Å². The van der Waals surface area contributed by atoms with E-state index in [0.717, 1.165) is 17.8 Å². The van der Waals surface area contributed by atoms with Gasteiger partial charge in [0.25, 0.3) is 0 Å². The molecule has 0 spiro atoms. The summed E-state index contributed by atoms with van der Waals surface area (Å²) in [7, 11) is 0. The van der Waals surface area contributed by atoms with Crippen molar-refractivity contribution >= 4 is 0 Å². The van der Waals surface area contributed by atoms with Crippen molar-refractivity contribution in [3.8, 4) is 0 Å². The van der Waals surface area contributed by atoms with Crippen molar-refractivity contribution in [1.29, 1.82) is 0 Å². The number of fused-ring (bicyclic) bond motifs is 2. The molecular weight excluding hydrogens is 170 g/mol. The van der Waals surface area contributed by atoms with Crippen LogP contribution < -0.4 is 5.73 Å². The van der Waals surface area contributed by atoms with Gasteiger partial charge in [0, 0.05) is 5.54 Å². The van der Waals surface area contributed by atoms with E-state index in [1.54, 1.807) is 6.42 Å². The SMILES string of the molecule is NC1(CC2CC3CCC2C3)CCCC1. The standard InChI is InChI=1S/C13H23N/c14-13(5-1-2-6-13)9-12-8-10-3-4-11(12)7-10/h10-12H,1-9,14H2. The van der Waals surface area contributed by atoms with Crippen LogP contribution in [-0.4, -0.2) is 5.54 Å². The van der Waals surface area contributed by atoms with E-state index >= 15 is 0 Å². The molecule has 0 aliphatic heterocycles. The van der Waals surface area contributed by atoms with Crippen LogP contribution >= 0.6 is 0 Å². The smallest absolute Gasteiger partial charge is 0.0157 e. The molecule has 3 fully saturated rings. The minimum Gasteiger partial charge on any atom is -0.325 e. The van der Waals surface area contributed by atoms with Gasteiger partial charge in [0.1, 0.15) is 0 Å². The normalized spacial score (nSPS) is 44.8. The molecule has 3 saturated carbocycles. The summed E-state index contributed by atoms with van der Waals surface area (Å²) in [6, 6.07) is 0. The maximum atomic E-state index is 6.47. The first-order valence-corrected chi connectivity index (χ1v) is 6.54. The number of hydrogen-bond acceptors (Lipinski definition) is 1. The Kier molecular flexibility index (Phi) is 2.12. The molecule has 0 aromatic rings. The van der Waals surface area contributed by atoms with Crippen LogP contribution in [0.2, 0.25) is 0 Å². The highest BCUT2D eigenvalue weighted by atomic mass is 14.8. The van der Waals surface area contributed by atoms with Gasteiger partial charge in [-0.25, -0.2) is 0 Å². The first kappa shape index (κ1) is 9.21. The largest absolute Gasteiger partial charge is 0.325 e. The van der Waals surface area contributed by atoms with E-state index in [-0.39, 0.29) is 5.54 Å². The third-order valence-corrected chi connectivity index (χ3v) is 5.15. The lowest BCUT2D eigenvalue weighted by molar-refractivity contribution is 0.243. The molecule has 3 unspecified atom stereocenters. The molecule has 3 aliphatic rings. The Labute approximate surface area is 87.4 Å². The van der Waals surface area contributed by atoms with Crippen LogP contribution in [0.3, 0.4) is 0 Å². The van der Waals surface area contributed by atoms with Crippen LogP contribution in [0.15, 0.2) is 0 Å². The van der Waals surface area contributed by atoms with Crippen LogP contribution in [0.25, 0.3) is 0 Å². The van der Waals surface area contributed by atoms with Crippen molar-refractivity contribution in [3.05, 3.63) is 0 Å². The van der Waals surface area contributed by atoms with Crippen LogP contribution in [0, 0.1) is 17.8 Å². The molecule has 0 amide bonds. The fraction of sp³-hybridized carbons (Fsp3) is 1.00. The zero-order valence-electron chi connectivity index (χ0n) is 9.17. The average molecular weight is 193 g/mol. The Bertz CT molecular complexity index is 217. The first-order valence-electron chi connectivity index (χ1n) is 6.54. The van der Waals surface area contributed by atoms with Gasteiger partial charge in [-0.15, -0.1) is 0 Å². The van der Waals surface area contributed by atoms with E-state index in [1.807, 2.05) is 0 Å². The summed E-state index contributed by atoms with van der Waals surface area (Å²) < 4.78 is 0. The Morgan fingerprint density at radius 1 is 1.07 bits per heavy atom. The fourth-order valence-corrected chi connectivity index (χ4v) is 4.43. The average Bonchev–Trinajstić information content (AvgIpc) is 2.80. The summed E-state index contributed by atoms with van der Waals surface area (Å²) in [5, 5.41) is 0. The third kappa shape index (κ3) is 1.50. The highest BCUT2D eigenvalue weighted by Gasteiger charge is 2.43. The van der Waals surface area contributed by atoms with Crippen molar-refractivity contribution in [2.24, 2.45) is 23.5 Å². The molecule has 3 aliphatic carbocycles. The molecule has 3 atom stereocenters. The van der Waals surface area contributed by atoms with E-state index in [9.17, 15) is 0 Å². The maximum Gasteiger partial charge on any atom is 0.0157 e. The van der Waals surface area contributed by atoms with E-state index < -0.39 is 0 Å². The molecule has 1 heteroatoms. The molecule has 80 valence electrons. The molecule has 0 heterocycles. The molecule has 3 rings (SSSR count). The summed E-state index contributed by atoms with van der Waals surface area (Å²) in [6.45, 7) is 0. The highest BCUT2D eigenvalue weighted by molar-refractivity contribution is 4.97. The van der Waals surface area contributed by atoms with E-state index in [1.165, 1.54) is 51.4 Å². The van der Waals surface area contributed by atoms with Gasteiger partial charge in [-0.3, -0.25) is 0 Å². The number of nitrogens with two attached hydrogens (primary N) is 1. The predicted molar refractivity (Wildman–Crippen MR) is 58.9 cm³/mol. The zero-order valence-corrected chi connectivity index (χ0v) is 9.17. The van der Waals surface area contributed by atoms with Crippen molar-refractivity contribution < 1.29 is 0 Å². The van der Waals surface area contributed by atoms with Crippen LogP contribution in [-0.2, 0) is 0 Å². The zero-order chi connectivity index (χ0) is 9.60. The summed E-state index contributed by atoms with van der Waals surface area (Å²) >= 11 is 0. The summed E-state index contributed by atoms with van der Waals surface area (Å²) in [5.41, 5.74) is 6.73. The monoisotopic (exact) mass is 193 g/mol. The van der Waals surface area contributed by atoms with Crippen molar-refractivity contribution in [3.63, 3.8) is 0 Å². The van der Waals surface area contributed by atoms with Crippen LogP contribution in [0.4, 0.5) is 0 Å². The molecule has 0 aromatic carbocycles. The third-order valence-electron chi connectivity index (χ3n) is 5.15. The summed E-state index contributed by atoms with van der Waals surface area (Å²) in [5.74, 6) is 3.17. The van der Waals surface area contributed by atoms with Gasteiger partial charge in [0.15, 0.2) is 0 Å². The summed E-state index contributed by atoms with van der Waals surface area (Å²) in [4.78, 5) is 0. The Hall–Kier alpha value is -0.0400.